The van der Waals surface area contributed by atoms with Crippen molar-refractivity contribution in [2.75, 3.05) is 17.7 Å². The topological polar surface area (TPSA) is 80.3 Å². The van der Waals surface area contributed by atoms with Crippen molar-refractivity contribution in [2.45, 2.75) is 13.3 Å². The molecule has 6 heteroatoms. The van der Waals surface area contributed by atoms with E-state index in [9.17, 15) is 9.59 Å². The third-order valence-electron chi connectivity index (χ3n) is 4.24. The SMILES string of the molecule is CCc1ccccc1Nc1cncc(C(=O)Nc2ccc(C(=O)OC)cc2)c1. The molecule has 0 fully saturated rings. The van der Waals surface area contributed by atoms with Crippen LogP contribution in [0.4, 0.5) is 17.1 Å². The van der Waals surface area contributed by atoms with Crippen LogP contribution in [0.5, 0.6) is 0 Å². The molecule has 3 aromatic rings. The van der Waals surface area contributed by atoms with Gasteiger partial charge in [0.05, 0.1) is 30.1 Å². The van der Waals surface area contributed by atoms with E-state index in [0.29, 0.717) is 16.8 Å². The predicted molar refractivity (Wildman–Crippen MR) is 109 cm³/mol. The van der Waals surface area contributed by atoms with Gasteiger partial charge in [0.15, 0.2) is 0 Å². The monoisotopic (exact) mass is 375 g/mol. The Hall–Kier alpha value is -3.67. The van der Waals surface area contributed by atoms with Crippen LogP contribution in [0.25, 0.3) is 0 Å². The molecule has 1 aromatic heterocycles. The number of hydrogen-bond acceptors (Lipinski definition) is 5. The summed E-state index contributed by atoms with van der Waals surface area (Å²) in [6.45, 7) is 2.09. The minimum atomic E-state index is -0.423. The van der Waals surface area contributed by atoms with Gasteiger partial charge in [-0.1, -0.05) is 25.1 Å². The number of pyridine rings is 1. The molecule has 0 spiro atoms. The van der Waals surface area contributed by atoms with Gasteiger partial charge in [-0.25, -0.2) is 4.79 Å². The van der Waals surface area contributed by atoms with E-state index in [-0.39, 0.29) is 5.91 Å². The molecule has 0 unspecified atom stereocenters. The summed E-state index contributed by atoms with van der Waals surface area (Å²) in [4.78, 5) is 28.2. The molecule has 0 bridgehead atoms. The van der Waals surface area contributed by atoms with Crippen LogP contribution < -0.4 is 10.6 Å². The number of aryl methyl sites for hydroxylation is 1. The van der Waals surface area contributed by atoms with Gasteiger partial charge in [-0.15, -0.1) is 0 Å². The number of nitrogens with zero attached hydrogens (tertiary/aromatic N) is 1. The van der Waals surface area contributed by atoms with Crippen molar-refractivity contribution in [2.24, 2.45) is 0 Å². The second kappa shape index (κ2) is 8.81. The Morgan fingerprint density at radius 3 is 2.43 bits per heavy atom. The van der Waals surface area contributed by atoms with Crippen LogP contribution in [0.1, 0.15) is 33.2 Å². The van der Waals surface area contributed by atoms with Gasteiger partial charge in [-0.05, 0) is 48.4 Å². The van der Waals surface area contributed by atoms with Gasteiger partial charge < -0.3 is 15.4 Å². The third kappa shape index (κ3) is 4.54. The molecule has 0 saturated carbocycles. The second-order valence-electron chi connectivity index (χ2n) is 6.12. The minimum Gasteiger partial charge on any atom is -0.465 e. The van der Waals surface area contributed by atoms with Crippen LogP contribution in [0, 0.1) is 0 Å². The molecular weight excluding hydrogens is 354 g/mol. The highest BCUT2D eigenvalue weighted by Gasteiger charge is 2.10. The van der Waals surface area contributed by atoms with E-state index in [1.54, 1.807) is 36.5 Å². The molecule has 142 valence electrons. The molecule has 0 saturated heterocycles. The summed E-state index contributed by atoms with van der Waals surface area (Å²) < 4.78 is 4.66. The maximum atomic E-state index is 12.5. The normalized spacial score (nSPS) is 10.2. The Kier molecular flexibility index (Phi) is 6.01. The Balaban J connectivity index is 1.72. The number of ether oxygens (including phenoxy) is 1. The average Bonchev–Trinajstić information content (AvgIpc) is 2.74. The van der Waals surface area contributed by atoms with E-state index in [1.807, 2.05) is 18.2 Å². The van der Waals surface area contributed by atoms with Gasteiger partial charge in [0.25, 0.3) is 5.91 Å². The van der Waals surface area contributed by atoms with Crippen molar-refractivity contribution in [3.05, 3.63) is 83.7 Å². The standard InChI is InChI=1S/C22H21N3O3/c1-3-15-6-4-5-7-20(15)24-19-12-17(13-23-14-19)21(26)25-18-10-8-16(9-11-18)22(27)28-2/h4-14,24H,3H2,1-2H3,(H,25,26). The zero-order chi connectivity index (χ0) is 19.9. The molecule has 3 rings (SSSR count). The number of benzene rings is 2. The zero-order valence-electron chi connectivity index (χ0n) is 15.7. The number of anilines is 3. The molecule has 0 atom stereocenters. The smallest absolute Gasteiger partial charge is 0.337 e. The number of hydrogen-bond donors (Lipinski definition) is 2. The lowest BCUT2D eigenvalue weighted by Crippen LogP contribution is -2.13. The van der Waals surface area contributed by atoms with Gasteiger partial charge in [0.2, 0.25) is 0 Å². The Labute approximate surface area is 163 Å². The molecule has 0 aliphatic heterocycles. The Morgan fingerprint density at radius 1 is 0.964 bits per heavy atom. The molecule has 2 aromatic carbocycles. The number of nitrogens with one attached hydrogen (secondary N) is 2. The zero-order valence-corrected chi connectivity index (χ0v) is 15.7. The van der Waals surface area contributed by atoms with Crippen LogP contribution in [0.3, 0.4) is 0 Å². The summed E-state index contributed by atoms with van der Waals surface area (Å²) in [7, 11) is 1.32. The number of rotatable bonds is 6. The first-order valence-corrected chi connectivity index (χ1v) is 8.90. The fourth-order valence-electron chi connectivity index (χ4n) is 2.75. The molecule has 2 N–H and O–H groups in total. The van der Waals surface area contributed by atoms with Crippen molar-refractivity contribution in [1.82, 2.24) is 4.98 Å². The highest BCUT2D eigenvalue weighted by atomic mass is 16.5. The summed E-state index contributed by atoms with van der Waals surface area (Å²) in [6.07, 6.45) is 4.09. The highest BCUT2D eigenvalue weighted by Crippen LogP contribution is 2.22. The van der Waals surface area contributed by atoms with Gasteiger partial charge in [-0.2, -0.15) is 0 Å². The first-order valence-electron chi connectivity index (χ1n) is 8.90. The van der Waals surface area contributed by atoms with E-state index in [4.69, 9.17) is 0 Å². The first kappa shape index (κ1) is 19.1. The predicted octanol–water partition coefficient (Wildman–Crippen LogP) is 4.43. The van der Waals surface area contributed by atoms with E-state index in [1.165, 1.54) is 18.9 Å². The van der Waals surface area contributed by atoms with Crippen molar-refractivity contribution in [3.63, 3.8) is 0 Å². The maximum absolute atomic E-state index is 12.5. The van der Waals surface area contributed by atoms with Crippen molar-refractivity contribution in [1.29, 1.82) is 0 Å². The lowest BCUT2D eigenvalue weighted by Gasteiger charge is -2.12. The van der Waals surface area contributed by atoms with Crippen LogP contribution >= 0.6 is 0 Å². The third-order valence-corrected chi connectivity index (χ3v) is 4.24. The van der Waals surface area contributed by atoms with Gasteiger partial charge in [-0.3, -0.25) is 9.78 Å². The number of amides is 1. The minimum absolute atomic E-state index is 0.286. The number of esters is 1. The molecule has 0 aliphatic carbocycles. The molecule has 28 heavy (non-hydrogen) atoms. The summed E-state index contributed by atoms with van der Waals surface area (Å²) in [5.74, 6) is -0.709. The largest absolute Gasteiger partial charge is 0.465 e. The molecule has 0 radical (unpaired) electrons. The summed E-state index contributed by atoms with van der Waals surface area (Å²) in [5, 5.41) is 6.11. The lowest BCUT2D eigenvalue weighted by atomic mass is 10.1. The number of para-hydroxylation sites is 1. The van der Waals surface area contributed by atoms with Crippen LogP contribution in [0.15, 0.2) is 67.0 Å². The lowest BCUT2D eigenvalue weighted by molar-refractivity contribution is 0.0600. The van der Waals surface area contributed by atoms with Gasteiger partial charge >= 0.3 is 5.97 Å². The van der Waals surface area contributed by atoms with Crippen LogP contribution in [-0.4, -0.2) is 24.0 Å². The highest BCUT2D eigenvalue weighted by molar-refractivity contribution is 6.04. The van der Waals surface area contributed by atoms with Gasteiger partial charge in [0, 0.05) is 17.6 Å². The summed E-state index contributed by atoms with van der Waals surface area (Å²) >= 11 is 0. The van der Waals surface area contributed by atoms with Gasteiger partial charge in [0.1, 0.15) is 0 Å². The number of aromatic nitrogens is 1. The van der Waals surface area contributed by atoms with Crippen molar-refractivity contribution in [3.8, 4) is 0 Å². The number of carbonyl (C=O) groups is 2. The Bertz CT molecular complexity index is 984. The quantitative estimate of drug-likeness (QED) is 0.623. The van der Waals surface area contributed by atoms with E-state index in [0.717, 1.165) is 17.8 Å². The van der Waals surface area contributed by atoms with Crippen molar-refractivity contribution >= 4 is 28.9 Å². The Morgan fingerprint density at radius 2 is 1.71 bits per heavy atom. The molecule has 1 heterocycles. The maximum Gasteiger partial charge on any atom is 0.337 e. The molecular formula is C22H21N3O3. The molecule has 1 amide bonds. The van der Waals surface area contributed by atoms with Crippen molar-refractivity contribution < 1.29 is 14.3 Å². The van der Waals surface area contributed by atoms with Crippen LogP contribution in [0.2, 0.25) is 0 Å². The fourth-order valence-corrected chi connectivity index (χ4v) is 2.75. The number of methoxy groups -OCH3 is 1. The molecule has 6 nitrogen and oxygen atoms in total. The molecule has 0 aliphatic rings. The average molecular weight is 375 g/mol. The summed E-state index contributed by atoms with van der Waals surface area (Å²) in [5.41, 5.74) is 4.33. The summed E-state index contributed by atoms with van der Waals surface area (Å²) in [6, 6.07) is 16.3. The van der Waals surface area contributed by atoms with E-state index >= 15 is 0 Å². The number of carbonyl (C=O) groups excluding carboxylic acids is 2. The van der Waals surface area contributed by atoms with E-state index < -0.39 is 5.97 Å². The van der Waals surface area contributed by atoms with Crippen LogP contribution in [-0.2, 0) is 11.2 Å². The first-order chi connectivity index (χ1) is 13.6. The van der Waals surface area contributed by atoms with E-state index in [2.05, 4.69) is 33.3 Å². The fraction of sp³-hybridized carbons (Fsp3) is 0.136. The second-order valence-corrected chi connectivity index (χ2v) is 6.12.